The van der Waals surface area contributed by atoms with Crippen molar-refractivity contribution in [2.24, 2.45) is 5.92 Å². The number of thiocarbonyl (C=S) groups is 1. The second kappa shape index (κ2) is 8.98. The Morgan fingerprint density at radius 3 is 2.65 bits per heavy atom. The molecule has 2 atom stereocenters. The van der Waals surface area contributed by atoms with E-state index < -0.39 is 0 Å². The van der Waals surface area contributed by atoms with Crippen molar-refractivity contribution >= 4 is 28.8 Å². The molecule has 1 fully saturated rings. The minimum Gasteiger partial charge on any atom is -0.511 e. The largest absolute Gasteiger partial charge is 0.511 e. The topological polar surface area (TPSA) is 71.0 Å². The van der Waals surface area contributed by atoms with Crippen LogP contribution in [0.5, 0.6) is 11.5 Å². The molecule has 1 saturated carbocycles. The number of amides is 1. The number of aliphatic hydroxyl groups excluding tert-OH is 1. The molecule has 0 saturated heterocycles. The molecule has 6 nitrogen and oxygen atoms in total. The number of hydrogen-bond acceptors (Lipinski definition) is 5. The van der Waals surface area contributed by atoms with Gasteiger partial charge in [0.25, 0.3) is 5.91 Å². The fourth-order valence-electron chi connectivity index (χ4n) is 4.51. The summed E-state index contributed by atoms with van der Waals surface area (Å²) in [5.41, 5.74) is 1.84. The van der Waals surface area contributed by atoms with Crippen LogP contribution in [0, 0.1) is 5.92 Å². The third-order valence-corrected chi connectivity index (χ3v) is 6.36. The van der Waals surface area contributed by atoms with Crippen LogP contribution in [0.15, 0.2) is 59.9 Å². The standard InChI is InChI=1S/C24H26N2O4S/c1-29-17-12-11-15(20(13-17)30-2)14-26-19-10-6-9-18(19)22(27)21(24(26)28)23(31)25-16-7-4-3-5-8-16/h3-5,7-8,11-13,18-19,27H,6,9-10,14H2,1-2H3,(H,25,31)/t18-,19+/m1/s1. The number of nitrogens with zero attached hydrogens (tertiary/aromatic N) is 1. The fraction of sp³-hybridized carbons (Fsp3) is 0.333. The molecule has 162 valence electrons. The van der Waals surface area contributed by atoms with Gasteiger partial charge < -0.3 is 24.8 Å². The lowest BCUT2D eigenvalue weighted by atomic mass is 9.90. The van der Waals surface area contributed by atoms with Crippen molar-refractivity contribution in [3.8, 4) is 11.5 Å². The number of aliphatic hydroxyl groups is 1. The Balaban J connectivity index is 1.65. The summed E-state index contributed by atoms with van der Waals surface area (Å²) in [6, 6.07) is 14.9. The van der Waals surface area contributed by atoms with Gasteiger partial charge in [-0.15, -0.1) is 0 Å². The summed E-state index contributed by atoms with van der Waals surface area (Å²) in [7, 11) is 3.21. The quantitative estimate of drug-likeness (QED) is 0.649. The zero-order chi connectivity index (χ0) is 22.0. The zero-order valence-corrected chi connectivity index (χ0v) is 18.4. The van der Waals surface area contributed by atoms with Gasteiger partial charge in [0.1, 0.15) is 27.8 Å². The highest BCUT2D eigenvalue weighted by atomic mass is 32.1. The summed E-state index contributed by atoms with van der Waals surface area (Å²) in [5, 5.41) is 14.1. The van der Waals surface area contributed by atoms with Gasteiger partial charge in [0.15, 0.2) is 0 Å². The molecule has 0 aromatic heterocycles. The van der Waals surface area contributed by atoms with E-state index in [4.69, 9.17) is 21.7 Å². The van der Waals surface area contributed by atoms with Gasteiger partial charge in [0.05, 0.1) is 14.2 Å². The Labute approximate surface area is 187 Å². The molecule has 0 spiro atoms. The van der Waals surface area contributed by atoms with Crippen molar-refractivity contribution in [2.45, 2.75) is 31.8 Å². The zero-order valence-electron chi connectivity index (χ0n) is 17.6. The smallest absolute Gasteiger partial charge is 0.260 e. The van der Waals surface area contributed by atoms with Gasteiger partial charge in [-0.25, -0.2) is 0 Å². The van der Waals surface area contributed by atoms with E-state index in [1.54, 1.807) is 14.2 Å². The molecular formula is C24H26N2O4S. The van der Waals surface area contributed by atoms with E-state index >= 15 is 0 Å². The summed E-state index contributed by atoms with van der Waals surface area (Å²) < 4.78 is 10.8. The normalized spacial score (nSPS) is 20.5. The number of nitrogens with one attached hydrogen (secondary N) is 1. The summed E-state index contributed by atoms with van der Waals surface area (Å²) in [6.07, 6.45) is 2.64. The first-order valence-electron chi connectivity index (χ1n) is 10.3. The van der Waals surface area contributed by atoms with Gasteiger partial charge in [-0.3, -0.25) is 4.79 Å². The number of para-hydroxylation sites is 1. The molecule has 0 radical (unpaired) electrons. The van der Waals surface area contributed by atoms with Crippen molar-refractivity contribution in [1.82, 2.24) is 4.90 Å². The number of rotatable bonds is 6. The Bertz CT molecular complexity index is 1020. The summed E-state index contributed by atoms with van der Waals surface area (Å²) >= 11 is 5.55. The Morgan fingerprint density at radius 1 is 1.16 bits per heavy atom. The Kier molecular flexibility index (Phi) is 6.13. The number of fused-ring (bicyclic) bond motifs is 1. The predicted molar refractivity (Wildman–Crippen MR) is 124 cm³/mol. The molecule has 2 aromatic rings. The van der Waals surface area contributed by atoms with Gasteiger partial charge in [0, 0.05) is 35.8 Å². The second-order valence-electron chi connectivity index (χ2n) is 7.80. The fourth-order valence-corrected chi connectivity index (χ4v) is 4.81. The van der Waals surface area contributed by atoms with Crippen molar-refractivity contribution in [2.75, 3.05) is 19.5 Å². The van der Waals surface area contributed by atoms with Crippen LogP contribution >= 0.6 is 12.2 Å². The summed E-state index contributed by atoms with van der Waals surface area (Å²) in [6.45, 7) is 0.373. The molecule has 2 N–H and O–H groups in total. The highest BCUT2D eigenvalue weighted by molar-refractivity contribution is 7.81. The van der Waals surface area contributed by atoms with Gasteiger partial charge in [-0.1, -0.05) is 36.8 Å². The Hall–Kier alpha value is -3.06. The van der Waals surface area contributed by atoms with Crippen molar-refractivity contribution in [3.05, 3.63) is 65.4 Å². The first-order chi connectivity index (χ1) is 15.0. The van der Waals surface area contributed by atoms with E-state index in [2.05, 4.69) is 5.32 Å². The third kappa shape index (κ3) is 4.10. The van der Waals surface area contributed by atoms with Crippen LogP contribution in [0.25, 0.3) is 0 Å². The molecule has 2 aliphatic rings. The molecular weight excluding hydrogens is 412 g/mol. The third-order valence-electron chi connectivity index (χ3n) is 6.06. The maximum Gasteiger partial charge on any atom is 0.260 e. The average molecular weight is 439 g/mol. The van der Waals surface area contributed by atoms with Crippen molar-refractivity contribution in [3.63, 3.8) is 0 Å². The molecule has 1 amide bonds. The van der Waals surface area contributed by atoms with E-state index in [0.717, 1.165) is 30.5 Å². The van der Waals surface area contributed by atoms with Gasteiger partial charge in [0.2, 0.25) is 0 Å². The van der Waals surface area contributed by atoms with Crippen LogP contribution < -0.4 is 14.8 Å². The molecule has 4 rings (SSSR count). The lowest BCUT2D eigenvalue weighted by molar-refractivity contribution is -0.132. The number of hydrogen-bond donors (Lipinski definition) is 2. The van der Waals surface area contributed by atoms with Crippen LogP contribution in [0.4, 0.5) is 5.69 Å². The maximum absolute atomic E-state index is 13.6. The second-order valence-corrected chi connectivity index (χ2v) is 8.20. The molecule has 0 unspecified atom stereocenters. The van der Waals surface area contributed by atoms with E-state index in [1.165, 1.54) is 0 Å². The first kappa shape index (κ1) is 21.2. The molecule has 1 heterocycles. The minimum absolute atomic E-state index is 0.0532. The lowest BCUT2D eigenvalue weighted by Gasteiger charge is -2.38. The van der Waals surface area contributed by atoms with Gasteiger partial charge in [-0.05, 0) is 37.1 Å². The number of carbonyl (C=O) groups is 1. The highest BCUT2D eigenvalue weighted by Gasteiger charge is 2.45. The van der Waals surface area contributed by atoms with Crippen LogP contribution in [0.1, 0.15) is 24.8 Å². The number of anilines is 1. The van der Waals surface area contributed by atoms with Gasteiger partial charge in [-0.2, -0.15) is 0 Å². The monoisotopic (exact) mass is 438 g/mol. The van der Waals surface area contributed by atoms with E-state index in [1.807, 2.05) is 53.4 Å². The number of carbonyl (C=O) groups excluding carboxylic acids is 1. The summed E-state index contributed by atoms with van der Waals surface area (Å²) in [5.74, 6) is 1.10. The molecule has 2 aromatic carbocycles. The van der Waals surface area contributed by atoms with Crippen LogP contribution in [0.3, 0.4) is 0 Å². The lowest BCUT2D eigenvalue weighted by Crippen LogP contribution is -2.49. The number of benzene rings is 2. The summed E-state index contributed by atoms with van der Waals surface area (Å²) in [4.78, 5) is 15.6. The maximum atomic E-state index is 13.6. The average Bonchev–Trinajstić information content (AvgIpc) is 3.27. The van der Waals surface area contributed by atoms with E-state index in [9.17, 15) is 9.90 Å². The Morgan fingerprint density at radius 2 is 1.94 bits per heavy atom. The van der Waals surface area contributed by atoms with Gasteiger partial charge >= 0.3 is 0 Å². The first-order valence-corrected chi connectivity index (χ1v) is 10.8. The van der Waals surface area contributed by atoms with E-state index in [-0.39, 0.29) is 34.2 Å². The van der Waals surface area contributed by atoms with Crippen molar-refractivity contribution < 1.29 is 19.4 Å². The molecule has 1 aliphatic heterocycles. The SMILES string of the molecule is COc1ccc(CN2C(=O)C(C(=S)Nc3ccccc3)=C(O)[C@@H]3CCC[C@@H]32)c(OC)c1. The molecule has 7 heteroatoms. The molecule has 1 aliphatic carbocycles. The van der Waals surface area contributed by atoms with Crippen LogP contribution in [-0.4, -0.2) is 41.2 Å². The van der Waals surface area contributed by atoms with Crippen LogP contribution in [-0.2, 0) is 11.3 Å². The van der Waals surface area contributed by atoms with Crippen LogP contribution in [0.2, 0.25) is 0 Å². The van der Waals surface area contributed by atoms with Crippen molar-refractivity contribution in [1.29, 1.82) is 0 Å². The molecule has 0 bridgehead atoms. The molecule has 31 heavy (non-hydrogen) atoms. The van der Waals surface area contributed by atoms with E-state index in [0.29, 0.717) is 18.0 Å². The minimum atomic E-state index is -0.257. The highest BCUT2D eigenvalue weighted by Crippen LogP contribution is 2.41. The predicted octanol–water partition coefficient (Wildman–Crippen LogP) is 4.47. The number of ether oxygens (including phenoxy) is 2. The number of methoxy groups -OCH3 is 2.